The van der Waals surface area contributed by atoms with Crippen LogP contribution in [0.5, 0.6) is 0 Å². The summed E-state index contributed by atoms with van der Waals surface area (Å²) >= 11 is 6.20. The summed E-state index contributed by atoms with van der Waals surface area (Å²) in [5, 5.41) is 4.13. The number of benzene rings is 1. The molecule has 0 aliphatic rings. The van der Waals surface area contributed by atoms with E-state index >= 15 is 0 Å². The van der Waals surface area contributed by atoms with Gasteiger partial charge in [0.25, 0.3) is 0 Å². The lowest BCUT2D eigenvalue weighted by Crippen LogP contribution is -2.38. The maximum atomic E-state index is 11.0. The van der Waals surface area contributed by atoms with Gasteiger partial charge < -0.3 is 15.0 Å². The van der Waals surface area contributed by atoms with Gasteiger partial charge in [-0.2, -0.15) is 0 Å². The topological polar surface area (TPSA) is 53.9 Å². The zero-order chi connectivity index (χ0) is 17.8. The fraction of sp³-hybridized carbons (Fsp3) is 0.556. The van der Waals surface area contributed by atoms with Crippen LogP contribution in [-0.4, -0.2) is 44.6 Å². The van der Waals surface area contributed by atoms with Gasteiger partial charge >= 0.3 is 5.97 Å². The summed E-state index contributed by atoms with van der Waals surface area (Å²) in [7, 11) is 5.20. The minimum Gasteiger partial charge on any atom is -0.469 e. The molecular weight excluding hydrogens is 326 g/mol. The summed E-state index contributed by atoms with van der Waals surface area (Å²) in [6.07, 6.45) is 4.54. The standard InChI is InChI=1S/C18H28ClN3O2/c1-20-18(21-13-9-5-4-6-12-17(23)24-3)22(2)14-15-10-7-8-11-16(15)19/h7-8,10-11H,4-6,9,12-14H2,1-3H3,(H,20,21). The Kier molecular flexibility index (Phi) is 9.92. The number of aliphatic imine (C=N–C) groups is 1. The molecule has 1 rings (SSSR count). The first kappa shape index (κ1) is 20.3. The molecule has 0 fully saturated rings. The monoisotopic (exact) mass is 353 g/mol. The third-order valence-electron chi connectivity index (χ3n) is 3.76. The molecule has 1 aromatic rings. The average Bonchev–Trinajstić information content (AvgIpc) is 2.59. The first-order valence-electron chi connectivity index (χ1n) is 8.30. The number of carbonyl (C=O) groups excluding carboxylic acids is 1. The number of unbranched alkanes of at least 4 members (excludes halogenated alkanes) is 3. The van der Waals surface area contributed by atoms with Crippen LogP contribution in [0, 0.1) is 0 Å². The zero-order valence-corrected chi connectivity index (χ0v) is 15.6. The third-order valence-corrected chi connectivity index (χ3v) is 4.13. The van der Waals surface area contributed by atoms with E-state index in [2.05, 4.69) is 19.9 Å². The number of nitrogens with zero attached hydrogens (tertiary/aromatic N) is 2. The molecule has 134 valence electrons. The van der Waals surface area contributed by atoms with Crippen molar-refractivity contribution in [2.24, 2.45) is 4.99 Å². The van der Waals surface area contributed by atoms with Crippen molar-refractivity contribution in [3.05, 3.63) is 34.9 Å². The number of halogens is 1. The predicted octanol–water partition coefficient (Wildman–Crippen LogP) is 3.47. The summed E-state index contributed by atoms with van der Waals surface area (Å²) in [5.41, 5.74) is 1.08. The lowest BCUT2D eigenvalue weighted by atomic mass is 10.1. The molecule has 0 aliphatic carbocycles. The van der Waals surface area contributed by atoms with Crippen molar-refractivity contribution in [1.82, 2.24) is 10.2 Å². The predicted molar refractivity (Wildman–Crippen MR) is 99.4 cm³/mol. The van der Waals surface area contributed by atoms with Crippen molar-refractivity contribution in [3.63, 3.8) is 0 Å². The van der Waals surface area contributed by atoms with E-state index in [1.165, 1.54) is 7.11 Å². The lowest BCUT2D eigenvalue weighted by molar-refractivity contribution is -0.140. The molecule has 0 unspecified atom stereocenters. The van der Waals surface area contributed by atoms with Crippen molar-refractivity contribution in [3.8, 4) is 0 Å². The number of hydrogen-bond acceptors (Lipinski definition) is 3. The van der Waals surface area contributed by atoms with Gasteiger partial charge in [-0.05, 0) is 24.5 Å². The van der Waals surface area contributed by atoms with Crippen LogP contribution in [0.4, 0.5) is 0 Å². The second-order valence-electron chi connectivity index (χ2n) is 5.66. The Morgan fingerprint density at radius 1 is 1.25 bits per heavy atom. The highest BCUT2D eigenvalue weighted by molar-refractivity contribution is 6.31. The minimum absolute atomic E-state index is 0.130. The first-order valence-corrected chi connectivity index (χ1v) is 8.68. The molecule has 0 aliphatic heterocycles. The molecule has 0 heterocycles. The van der Waals surface area contributed by atoms with Crippen molar-refractivity contribution < 1.29 is 9.53 Å². The van der Waals surface area contributed by atoms with E-state index in [1.807, 2.05) is 31.3 Å². The number of carbonyl (C=O) groups is 1. The molecule has 0 atom stereocenters. The maximum Gasteiger partial charge on any atom is 0.305 e. The highest BCUT2D eigenvalue weighted by Crippen LogP contribution is 2.16. The van der Waals surface area contributed by atoms with Crippen LogP contribution in [0.2, 0.25) is 5.02 Å². The fourth-order valence-electron chi connectivity index (χ4n) is 2.39. The first-order chi connectivity index (χ1) is 11.6. The highest BCUT2D eigenvalue weighted by atomic mass is 35.5. The van der Waals surface area contributed by atoms with Gasteiger partial charge in [-0.25, -0.2) is 0 Å². The molecule has 24 heavy (non-hydrogen) atoms. The zero-order valence-electron chi connectivity index (χ0n) is 14.8. The number of guanidine groups is 1. The Morgan fingerprint density at radius 2 is 1.96 bits per heavy atom. The molecule has 6 heteroatoms. The van der Waals surface area contributed by atoms with Gasteiger partial charge in [-0.15, -0.1) is 0 Å². The van der Waals surface area contributed by atoms with E-state index in [1.54, 1.807) is 7.05 Å². The normalized spacial score (nSPS) is 11.2. The summed E-state index contributed by atoms with van der Waals surface area (Å²) in [5.74, 6) is 0.721. The summed E-state index contributed by atoms with van der Waals surface area (Å²) in [4.78, 5) is 17.4. The molecule has 0 amide bonds. The third kappa shape index (κ3) is 7.68. The van der Waals surface area contributed by atoms with Crippen molar-refractivity contribution in [2.75, 3.05) is 27.7 Å². The van der Waals surface area contributed by atoms with E-state index in [0.717, 1.165) is 48.8 Å². The van der Waals surface area contributed by atoms with Crippen LogP contribution < -0.4 is 5.32 Å². The number of methoxy groups -OCH3 is 1. The van der Waals surface area contributed by atoms with Crippen LogP contribution in [0.3, 0.4) is 0 Å². The smallest absolute Gasteiger partial charge is 0.305 e. The van der Waals surface area contributed by atoms with Gasteiger partial charge in [-0.3, -0.25) is 9.79 Å². The van der Waals surface area contributed by atoms with E-state index in [-0.39, 0.29) is 5.97 Å². The number of hydrogen-bond donors (Lipinski definition) is 1. The second-order valence-corrected chi connectivity index (χ2v) is 6.07. The van der Waals surface area contributed by atoms with Gasteiger partial charge in [0.1, 0.15) is 0 Å². The Hall–Kier alpha value is -1.75. The Morgan fingerprint density at radius 3 is 2.62 bits per heavy atom. The Bertz CT molecular complexity index is 535. The number of ether oxygens (including phenoxy) is 1. The van der Waals surface area contributed by atoms with Crippen LogP contribution >= 0.6 is 11.6 Å². The molecule has 1 N–H and O–H groups in total. The van der Waals surface area contributed by atoms with Gasteiger partial charge in [-0.1, -0.05) is 42.6 Å². The van der Waals surface area contributed by atoms with Gasteiger partial charge in [0, 0.05) is 38.6 Å². The molecule has 0 saturated carbocycles. The average molecular weight is 354 g/mol. The van der Waals surface area contributed by atoms with Gasteiger partial charge in [0.15, 0.2) is 5.96 Å². The SMILES string of the molecule is CN=C(NCCCCCCC(=O)OC)N(C)Cc1ccccc1Cl. The molecule has 0 spiro atoms. The van der Waals surface area contributed by atoms with E-state index < -0.39 is 0 Å². The largest absolute Gasteiger partial charge is 0.469 e. The summed E-state index contributed by atoms with van der Waals surface area (Å²) in [6, 6.07) is 7.83. The maximum absolute atomic E-state index is 11.0. The van der Waals surface area contributed by atoms with Crippen LogP contribution in [0.25, 0.3) is 0 Å². The van der Waals surface area contributed by atoms with Crippen LogP contribution in [-0.2, 0) is 16.1 Å². The molecule has 0 aromatic heterocycles. The van der Waals surface area contributed by atoms with Gasteiger partial charge in [0.2, 0.25) is 0 Å². The van der Waals surface area contributed by atoms with E-state index in [4.69, 9.17) is 11.6 Å². The highest BCUT2D eigenvalue weighted by Gasteiger charge is 2.08. The lowest BCUT2D eigenvalue weighted by Gasteiger charge is -2.22. The molecule has 5 nitrogen and oxygen atoms in total. The molecular formula is C18H28ClN3O2. The minimum atomic E-state index is -0.130. The second kappa shape index (κ2) is 11.7. The van der Waals surface area contributed by atoms with Crippen molar-refractivity contribution in [1.29, 1.82) is 0 Å². The van der Waals surface area contributed by atoms with Crippen LogP contribution in [0.1, 0.15) is 37.7 Å². The van der Waals surface area contributed by atoms with E-state index in [0.29, 0.717) is 13.0 Å². The van der Waals surface area contributed by atoms with Gasteiger partial charge in [0.05, 0.1) is 7.11 Å². The number of rotatable bonds is 9. The fourth-order valence-corrected chi connectivity index (χ4v) is 2.59. The molecule has 1 aromatic carbocycles. The van der Waals surface area contributed by atoms with Crippen molar-refractivity contribution in [2.45, 2.75) is 38.6 Å². The molecule has 0 radical (unpaired) electrons. The van der Waals surface area contributed by atoms with E-state index in [9.17, 15) is 4.79 Å². The summed E-state index contributed by atoms with van der Waals surface area (Å²) in [6.45, 7) is 1.57. The Balaban J connectivity index is 2.25. The van der Waals surface area contributed by atoms with Crippen molar-refractivity contribution >= 4 is 23.5 Å². The summed E-state index contributed by atoms with van der Waals surface area (Å²) < 4.78 is 4.63. The number of nitrogens with one attached hydrogen (secondary N) is 1. The molecule has 0 saturated heterocycles. The quantitative estimate of drug-likeness (QED) is 0.319. The Labute approximate surface area is 150 Å². The molecule has 0 bridgehead atoms. The van der Waals surface area contributed by atoms with Crippen LogP contribution in [0.15, 0.2) is 29.3 Å². The number of esters is 1.